The van der Waals surface area contributed by atoms with Crippen molar-refractivity contribution >= 4 is 15.9 Å². The van der Waals surface area contributed by atoms with E-state index in [-0.39, 0.29) is 5.82 Å². The van der Waals surface area contributed by atoms with Crippen LogP contribution in [-0.4, -0.2) is 30.1 Å². The molecular formula is C15H22BrFN2. The number of benzene rings is 1. The summed E-state index contributed by atoms with van der Waals surface area (Å²) in [7, 11) is 0. The first kappa shape index (κ1) is 14.9. The lowest BCUT2D eigenvalue weighted by molar-refractivity contribution is 0.160. The zero-order valence-corrected chi connectivity index (χ0v) is 13.2. The number of rotatable bonds is 4. The summed E-state index contributed by atoms with van der Waals surface area (Å²) in [6.07, 6.45) is 2.29. The minimum atomic E-state index is -0.129. The van der Waals surface area contributed by atoms with E-state index < -0.39 is 0 Å². The van der Waals surface area contributed by atoms with E-state index in [1.165, 1.54) is 6.07 Å². The molecule has 0 atom stereocenters. The maximum absolute atomic E-state index is 13.6. The smallest absolute Gasteiger partial charge is 0.127 e. The summed E-state index contributed by atoms with van der Waals surface area (Å²) in [5, 5.41) is 3.48. The van der Waals surface area contributed by atoms with Gasteiger partial charge in [0, 0.05) is 28.7 Å². The molecule has 1 aliphatic heterocycles. The van der Waals surface area contributed by atoms with E-state index in [0.717, 1.165) is 36.0 Å². The molecule has 1 fully saturated rings. The van der Waals surface area contributed by atoms with Crippen LogP contribution < -0.4 is 5.32 Å². The summed E-state index contributed by atoms with van der Waals surface area (Å²) >= 11 is 3.38. The molecule has 0 spiro atoms. The van der Waals surface area contributed by atoms with Gasteiger partial charge < -0.3 is 10.2 Å². The molecule has 0 aliphatic carbocycles. The van der Waals surface area contributed by atoms with Crippen LogP contribution in [0.25, 0.3) is 0 Å². The average Bonchev–Trinajstić information content (AvgIpc) is 2.40. The van der Waals surface area contributed by atoms with Gasteiger partial charge in [-0.3, -0.25) is 0 Å². The number of hydrogen-bond acceptors (Lipinski definition) is 2. The molecule has 4 heteroatoms. The highest BCUT2D eigenvalue weighted by Crippen LogP contribution is 2.17. The number of halogens is 2. The molecule has 1 aliphatic rings. The number of piperidine rings is 1. The first-order valence-corrected chi connectivity index (χ1v) is 7.77. The van der Waals surface area contributed by atoms with E-state index in [9.17, 15) is 4.39 Å². The van der Waals surface area contributed by atoms with Crippen molar-refractivity contribution in [3.8, 4) is 0 Å². The Morgan fingerprint density at radius 3 is 2.68 bits per heavy atom. The molecule has 0 bridgehead atoms. The summed E-state index contributed by atoms with van der Waals surface area (Å²) in [5.41, 5.74) is 0.737. The highest BCUT2D eigenvalue weighted by Gasteiger charge is 2.20. The van der Waals surface area contributed by atoms with Gasteiger partial charge >= 0.3 is 0 Å². The Hall–Kier alpha value is -0.450. The van der Waals surface area contributed by atoms with Crippen LogP contribution in [0.1, 0.15) is 32.3 Å². The molecule has 0 radical (unpaired) electrons. The fourth-order valence-electron chi connectivity index (χ4n) is 2.55. The summed E-state index contributed by atoms with van der Waals surface area (Å²) in [5.74, 6) is -0.129. The summed E-state index contributed by atoms with van der Waals surface area (Å²) in [6.45, 7) is 7.36. The van der Waals surface area contributed by atoms with E-state index in [2.05, 4.69) is 40.0 Å². The van der Waals surface area contributed by atoms with E-state index >= 15 is 0 Å². The van der Waals surface area contributed by atoms with Crippen molar-refractivity contribution in [3.05, 3.63) is 34.1 Å². The van der Waals surface area contributed by atoms with Crippen molar-refractivity contribution in [1.29, 1.82) is 0 Å². The molecule has 2 nitrogen and oxygen atoms in total. The van der Waals surface area contributed by atoms with Crippen molar-refractivity contribution in [2.24, 2.45) is 0 Å². The fraction of sp³-hybridized carbons (Fsp3) is 0.600. The van der Waals surface area contributed by atoms with Gasteiger partial charge in [-0.2, -0.15) is 0 Å². The second-order valence-electron chi connectivity index (χ2n) is 5.52. The third-order valence-electron chi connectivity index (χ3n) is 3.85. The standard InChI is InChI=1S/C15H22BrFN2/c1-11(2)19-7-5-14(6-8-19)18-10-12-9-13(16)3-4-15(12)17/h3-4,9,11,14,18H,5-8,10H2,1-2H3. The van der Waals surface area contributed by atoms with Gasteiger partial charge in [-0.05, 0) is 58.0 Å². The normalized spacial score (nSPS) is 18.2. The highest BCUT2D eigenvalue weighted by molar-refractivity contribution is 9.10. The second-order valence-corrected chi connectivity index (χ2v) is 6.44. The SMILES string of the molecule is CC(C)N1CCC(NCc2cc(Br)ccc2F)CC1. The van der Waals surface area contributed by atoms with Crippen LogP contribution in [0.2, 0.25) is 0 Å². The van der Waals surface area contributed by atoms with Crippen LogP contribution in [-0.2, 0) is 6.54 Å². The highest BCUT2D eigenvalue weighted by atomic mass is 79.9. The average molecular weight is 329 g/mol. The van der Waals surface area contributed by atoms with Crippen LogP contribution in [0.5, 0.6) is 0 Å². The van der Waals surface area contributed by atoms with Crippen molar-refractivity contribution in [2.45, 2.75) is 45.3 Å². The Morgan fingerprint density at radius 1 is 1.37 bits per heavy atom. The van der Waals surface area contributed by atoms with Crippen molar-refractivity contribution in [2.75, 3.05) is 13.1 Å². The maximum atomic E-state index is 13.6. The molecule has 1 N–H and O–H groups in total. The van der Waals surface area contributed by atoms with Gasteiger partial charge in [0.15, 0.2) is 0 Å². The minimum absolute atomic E-state index is 0.129. The Labute approximate surface area is 123 Å². The van der Waals surface area contributed by atoms with Crippen LogP contribution in [0.15, 0.2) is 22.7 Å². The summed E-state index contributed by atoms with van der Waals surface area (Å²) in [4.78, 5) is 2.50. The van der Waals surface area contributed by atoms with Gasteiger partial charge in [-0.1, -0.05) is 15.9 Å². The quantitative estimate of drug-likeness (QED) is 0.909. The Balaban J connectivity index is 1.82. The Morgan fingerprint density at radius 2 is 2.05 bits per heavy atom. The number of likely N-dealkylation sites (tertiary alicyclic amines) is 1. The lowest BCUT2D eigenvalue weighted by Crippen LogP contribution is -2.44. The number of hydrogen-bond donors (Lipinski definition) is 1. The van der Waals surface area contributed by atoms with Crippen LogP contribution in [0, 0.1) is 5.82 Å². The molecule has 0 amide bonds. The molecular weight excluding hydrogens is 307 g/mol. The molecule has 0 unspecified atom stereocenters. The lowest BCUT2D eigenvalue weighted by Gasteiger charge is -2.35. The molecule has 1 aromatic carbocycles. The molecule has 1 saturated heterocycles. The molecule has 1 aromatic rings. The second kappa shape index (κ2) is 6.82. The summed E-state index contributed by atoms with van der Waals surface area (Å²) < 4.78 is 14.6. The molecule has 0 saturated carbocycles. The van der Waals surface area contributed by atoms with Gasteiger partial charge in [0.2, 0.25) is 0 Å². The molecule has 1 heterocycles. The Bertz CT molecular complexity index is 415. The minimum Gasteiger partial charge on any atom is -0.310 e. The first-order chi connectivity index (χ1) is 9.06. The van der Waals surface area contributed by atoms with Crippen LogP contribution in [0.3, 0.4) is 0 Å². The monoisotopic (exact) mass is 328 g/mol. The third-order valence-corrected chi connectivity index (χ3v) is 4.34. The number of nitrogens with zero attached hydrogens (tertiary/aromatic N) is 1. The van der Waals surface area contributed by atoms with E-state index in [1.807, 2.05) is 6.07 Å². The zero-order chi connectivity index (χ0) is 13.8. The third kappa shape index (κ3) is 4.26. The Kier molecular flexibility index (Phi) is 5.37. The van der Waals surface area contributed by atoms with Gasteiger partial charge in [-0.25, -0.2) is 4.39 Å². The molecule has 0 aromatic heterocycles. The van der Waals surface area contributed by atoms with Crippen molar-refractivity contribution in [1.82, 2.24) is 10.2 Å². The fourth-order valence-corrected chi connectivity index (χ4v) is 2.96. The van der Waals surface area contributed by atoms with Gasteiger partial charge in [-0.15, -0.1) is 0 Å². The topological polar surface area (TPSA) is 15.3 Å². The van der Waals surface area contributed by atoms with Gasteiger partial charge in [0.25, 0.3) is 0 Å². The summed E-state index contributed by atoms with van der Waals surface area (Å²) in [6, 6.07) is 6.24. The zero-order valence-electron chi connectivity index (χ0n) is 11.6. The first-order valence-electron chi connectivity index (χ1n) is 6.97. The van der Waals surface area contributed by atoms with Crippen LogP contribution in [0.4, 0.5) is 4.39 Å². The van der Waals surface area contributed by atoms with Gasteiger partial charge in [0.05, 0.1) is 0 Å². The molecule has 2 rings (SSSR count). The van der Waals surface area contributed by atoms with Crippen LogP contribution >= 0.6 is 15.9 Å². The van der Waals surface area contributed by atoms with Crippen molar-refractivity contribution in [3.63, 3.8) is 0 Å². The molecule has 19 heavy (non-hydrogen) atoms. The number of nitrogens with one attached hydrogen (secondary N) is 1. The predicted octanol–water partition coefficient (Wildman–Crippen LogP) is 3.55. The van der Waals surface area contributed by atoms with E-state index in [4.69, 9.17) is 0 Å². The molecule has 106 valence electrons. The van der Waals surface area contributed by atoms with E-state index in [1.54, 1.807) is 6.07 Å². The predicted molar refractivity (Wildman–Crippen MR) is 80.7 cm³/mol. The van der Waals surface area contributed by atoms with E-state index in [0.29, 0.717) is 18.6 Å². The van der Waals surface area contributed by atoms with Gasteiger partial charge in [0.1, 0.15) is 5.82 Å². The maximum Gasteiger partial charge on any atom is 0.127 e. The lowest BCUT2D eigenvalue weighted by atomic mass is 10.0. The largest absolute Gasteiger partial charge is 0.310 e. The van der Waals surface area contributed by atoms with Crippen molar-refractivity contribution < 1.29 is 4.39 Å².